The van der Waals surface area contributed by atoms with E-state index in [9.17, 15) is 14.7 Å². The van der Waals surface area contributed by atoms with E-state index in [4.69, 9.17) is 0 Å². The van der Waals surface area contributed by atoms with Crippen molar-refractivity contribution in [1.29, 1.82) is 0 Å². The van der Waals surface area contributed by atoms with E-state index in [1.165, 1.54) is 17.4 Å². The molecule has 0 aromatic carbocycles. The Morgan fingerprint density at radius 1 is 1.55 bits per heavy atom. The highest BCUT2D eigenvalue weighted by atomic mass is 32.1. The summed E-state index contributed by atoms with van der Waals surface area (Å²) in [6, 6.07) is 3.47. The van der Waals surface area contributed by atoms with Gasteiger partial charge in [-0.05, 0) is 18.4 Å². The first-order valence-corrected chi connectivity index (χ1v) is 6.58. The van der Waals surface area contributed by atoms with Crippen LogP contribution in [0.2, 0.25) is 0 Å². The van der Waals surface area contributed by atoms with E-state index in [0.29, 0.717) is 4.88 Å². The van der Waals surface area contributed by atoms with Crippen molar-refractivity contribution in [3.8, 4) is 0 Å². The third-order valence-corrected chi connectivity index (χ3v) is 3.13. The number of aromatic nitrogens is 3. The van der Waals surface area contributed by atoms with E-state index in [0.717, 1.165) is 0 Å². The van der Waals surface area contributed by atoms with Crippen LogP contribution in [0.15, 0.2) is 22.3 Å². The molecule has 0 atom stereocenters. The maximum Gasteiger partial charge on any atom is 0.376 e. The Bertz CT molecular complexity index is 691. The second kappa shape index (κ2) is 6.11. The highest BCUT2D eigenvalue weighted by Gasteiger charge is 2.12. The number of carbonyl (C=O) groups is 1. The number of esters is 1. The normalized spacial score (nSPS) is 11.3. The quantitative estimate of drug-likeness (QED) is 0.653. The summed E-state index contributed by atoms with van der Waals surface area (Å²) in [5.74, 6) is -1.12. The lowest BCUT2D eigenvalue weighted by Crippen LogP contribution is -2.21. The Balaban J connectivity index is 2.29. The van der Waals surface area contributed by atoms with Crippen molar-refractivity contribution in [2.75, 3.05) is 6.61 Å². The lowest BCUT2D eigenvalue weighted by molar-refractivity contribution is 0.0510. The number of aliphatic hydroxyl groups is 1. The average Bonchev–Trinajstić information content (AvgIpc) is 2.95. The summed E-state index contributed by atoms with van der Waals surface area (Å²) in [6.07, 6.45) is 1.19. The number of thiophene rings is 1. The number of aliphatic hydroxyl groups excluding tert-OH is 1. The fourth-order valence-corrected chi connectivity index (χ4v) is 2.00. The standard InChI is InChI=1S/C12H11N3O4S/c1-2-19-12(18)10-13-11(17)7(14-15-10)6-8(16)9-4-3-5-20-9/h3-6,16H,2H2,1H3,(H,13,15,17)/b8-6-. The van der Waals surface area contributed by atoms with Gasteiger partial charge >= 0.3 is 5.97 Å². The number of hydrogen-bond acceptors (Lipinski definition) is 7. The van der Waals surface area contributed by atoms with E-state index in [1.54, 1.807) is 24.4 Å². The molecule has 0 amide bonds. The molecule has 0 fully saturated rings. The summed E-state index contributed by atoms with van der Waals surface area (Å²) < 4.78 is 4.69. The van der Waals surface area contributed by atoms with Gasteiger partial charge in [0.15, 0.2) is 5.69 Å². The molecule has 2 aromatic heterocycles. The first-order chi connectivity index (χ1) is 9.61. The summed E-state index contributed by atoms with van der Waals surface area (Å²) >= 11 is 1.32. The molecule has 0 radical (unpaired) electrons. The largest absolute Gasteiger partial charge is 0.506 e. The fourth-order valence-electron chi connectivity index (χ4n) is 1.36. The molecule has 104 valence electrons. The summed E-state index contributed by atoms with van der Waals surface area (Å²) in [5, 5.41) is 18.8. The number of carbonyl (C=O) groups excluding carboxylic acids is 1. The molecular formula is C12H11N3O4S. The molecule has 2 rings (SSSR count). The van der Waals surface area contributed by atoms with Crippen LogP contribution in [0.25, 0.3) is 11.8 Å². The summed E-state index contributed by atoms with van der Waals surface area (Å²) in [7, 11) is 0. The van der Waals surface area contributed by atoms with Gasteiger partial charge in [-0.1, -0.05) is 6.07 Å². The Labute approximate surface area is 117 Å². The van der Waals surface area contributed by atoms with Crippen LogP contribution in [0.4, 0.5) is 0 Å². The zero-order valence-electron chi connectivity index (χ0n) is 10.5. The zero-order chi connectivity index (χ0) is 14.5. The highest BCUT2D eigenvalue weighted by Crippen LogP contribution is 2.18. The van der Waals surface area contributed by atoms with Crippen molar-refractivity contribution in [3.05, 3.63) is 44.3 Å². The van der Waals surface area contributed by atoms with Gasteiger partial charge in [0.2, 0.25) is 5.82 Å². The molecule has 0 aliphatic heterocycles. The summed E-state index contributed by atoms with van der Waals surface area (Å²) in [6.45, 7) is 1.81. The van der Waals surface area contributed by atoms with E-state index in [2.05, 4.69) is 19.9 Å². The van der Waals surface area contributed by atoms with Gasteiger partial charge in [-0.2, -0.15) is 0 Å². The average molecular weight is 293 g/mol. The number of nitrogens with one attached hydrogen (secondary N) is 1. The predicted octanol–water partition coefficient (Wildman–Crippen LogP) is 1.46. The van der Waals surface area contributed by atoms with Gasteiger partial charge < -0.3 is 9.84 Å². The number of hydrogen-bond donors (Lipinski definition) is 2. The van der Waals surface area contributed by atoms with Crippen LogP contribution in [0.5, 0.6) is 0 Å². The van der Waals surface area contributed by atoms with Gasteiger partial charge in [0.1, 0.15) is 5.76 Å². The maximum atomic E-state index is 11.7. The van der Waals surface area contributed by atoms with Crippen molar-refractivity contribution in [3.63, 3.8) is 0 Å². The second-order valence-corrected chi connectivity index (χ2v) is 4.56. The smallest absolute Gasteiger partial charge is 0.376 e. The fraction of sp³-hybridized carbons (Fsp3) is 0.167. The SMILES string of the molecule is CCOC(=O)c1nnc(/C=C(\O)c2cccs2)c(=O)[nH]1. The van der Waals surface area contributed by atoms with Crippen molar-refractivity contribution in [2.24, 2.45) is 0 Å². The van der Waals surface area contributed by atoms with Gasteiger partial charge in [0, 0.05) is 6.08 Å². The van der Waals surface area contributed by atoms with Crippen LogP contribution in [0.1, 0.15) is 28.1 Å². The predicted molar refractivity (Wildman–Crippen MR) is 73.4 cm³/mol. The zero-order valence-corrected chi connectivity index (χ0v) is 11.3. The molecule has 2 N–H and O–H groups in total. The number of rotatable bonds is 4. The van der Waals surface area contributed by atoms with Crippen LogP contribution in [0, 0.1) is 0 Å². The Morgan fingerprint density at radius 2 is 2.35 bits per heavy atom. The van der Waals surface area contributed by atoms with Crippen molar-refractivity contribution >= 4 is 29.1 Å². The monoisotopic (exact) mass is 293 g/mol. The number of nitrogens with zero attached hydrogens (tertiary/aromatic N) is 2. The van der Waals surface area contributed by atoms with Crippen LogP contribution >= 0.6 is 11.3 Å². The minimum Gasteiger partial charge on any atom is -0.506 e. The van der Waals surface area contributed by atoms with Crippen molar-refractivity contribution in [1.82, 2.24) is 15.2 Å². The maximum absolute atomic E-state index is 11.7. The molecule has 2 heterocycles. The van der Waals surface area contributed by atoms with Crippen LogP contribution < -0.4 is 5.56 Å². The van der Waals surface area contributed by atoms with E-state index < -0.39 is 11.5 Å². The Hall–Kier alpha value is -2.48. The molecular weight excluding hydrogens is 282 g/mol. The van der Waals surface area contributed by atoms with Crippen molar-refractivity contribution in [2.45, 2.75) is 6.92 Å². The molecule has 7 nitrogen and oxygen atoms in total. The van der Waals surface area contributed by atoms with E-state index >= 15 is 0 Å². The van der Waals surface area contributed by atoms with Crippen LogP contribution in [-0.4, -0.2) is 32.9 Å². The minimum absolute atomic E-state index is 0.0936. The lowest BCUT2D eigenvalue weighted by atomic mass is 10.3. The van der Waals surface area contributed by atoms with Crippen molar-refractivity contribution < 1.29 is 14.6 Å². The topological polar surface area (TPSA) is 105 Å². The second-order valence-electron chi connectivity index (χ2n) is 3.62. The van der Waals surface area contributed by atoms with Crippen LogP contribution in [-0.2, 0) is 4.74 Å². The number of ether oxygens (including phenoxy) is 1. The van der Waals surface area contributed by atoms with Crippen LogP contribution in [0.3, 0.4) is 0 Å². The molecule has 0 bridgehead atoms. The molecule has 8 heteroatoms. The Kier molecular flexibility index (Phi) is 4.26. The minimum atomic E-state index is -0.755. The molecule has 2 aromatic rings. The molecule has 0 saturated heterocycles. The number of aromatic amines is 1. The van der Waals surface area contributed by atoms with Gasteiger partial charge in [-0.25, -0.2) is 4.79 Å². The molecule has 0 aliphatic carbocycles. The Morgan fingerprint density at radius 3 is 2.95 bits per heavy atom. The van der Waals surface area contributed by atoms with E-state index in [1.807, 2.05) is 0 Å². The van der Waals surface area contributed by atoms with E-state index in [-0.39, 0.29) is 23.9 Å². The third-order valence-electron chi connectivity index (χ3n) is 2.24. The molecule has 0 aliphatic rings. The lowest BCUT2D eigenvalue weighted by Gasteiger charge is -2.00. The third kappa shape index (κ3) is 3.09. The molecule has 0 unspecified atom stereocenters. The summed E-state index contributed by atoms with van der Waals surface area (Å²) in [4.78, 5) is 25.9. The van der Waals surface area contributed by atoms with Gasteiger partial charge in [-0.3, -0.25) is 9.78 Å². The van der Waals surface area contributed by atoms with Gasteiger partial charge in [-0.15, -0.1) is 21.5 Å². The molecule has 20 heavy (non-hydrogen) atoms. The highest BCUT2D eigenvalue weighted by molar-refractivity contribution is 7.11. The molecule has 0 saturated carbocycles. The summed E-state index contributed by atoms with van der Waals surface area (Å²) in [5.41, 5.74) is -0.727. The molecule has 0 spiro atoms. The van der Waals surface area contributed by atoms with Gasteiger partial charge in [0.25, 0.3) is 5.56 Å². The van der Waals surface area contributed by atoms with Gasteiger partial charge in [0.05, 0.1) is 11.5 Å². The first-order valence-electron chi connectivity index (χ1n) is 5.70. The first kappa shape index (κ1) is 13.9. The number of H-pyrrole nitrogens is 1.